The molecule has 2 aromatic heterocycles. The van der Waals surface area contributed by atoms with Gasteiger partial charge in [0.25, 0.3) is 5.91 Å². The Balaban J connectivity index is 1.29. The van der Waals surface area contributed by atoms with E-state index in [9.17, 15) is 4.79 Å². The molecule has 0 N–H and O–H groups in total. The molecule has 3 aromatic rings. The highest BCUT2D eigenvalue weighted by atomic mass is 35.5. The molecule has 0 bridgehead atoms. The number of halogens is 1. The van der Waals surface area contributed by atoms with Crippen molar-refractivity contribution in [2.24, 2.45) is 0 Å². The van der Waals surface area contributed by atoms with E-state index in [1.807, 2.05) is 33.8 Å². The number of fused-ring (bicyclic) bond motifs is 2. The molecule has 0 unspecified atom stereocenters. The number of amides is 1. The summed E-state index contributed by atoms with van der Waals surface area (Å²) in [4.78, 5) is 21.8. The minimum Gasteiger partial charge on any atom is -0.454 e. The summed E-state index contributed by atoms with van der Waals surface area (Å²) in [5.74, 6) is 1.46. The van der Waals surface area contributed by atoms with Crippen LogP contribution in [0.25, 0.3) is 0 Å². The van der Waals surface area contributed by atoms with Crippen LogP contribution in [0.3, 0.4) is 0 Å². The number of pyridine rings is 1. The highest BCUT2D eigenvalue weighted by Crippen LogP contribution is 2.38. The van der Waals surface area contributed by atoms with Crippen LogP contribution < -0.4 is 9.47 Å². The Morgan fingerprint density at radius 1 is 1.03 bits per heavy atom. The lowest BCUT2D eigenvalue weighted by atomic mass is 10.0. The van der Waals surface area contributed by atoms with Crippen LogP contribution in [-0.4, -0.2) is 56.9 Å². The van der Waals surface area contributed by atoms with Gasteiger partial charge in [-0.25, -0.2) is 0 Å². The highest BCUT2D eigenvalue weighted by Gasteiger charge is 2.31. The molecule has 1 saturated heterocycles. The Bertz CT molecular complexity index is 1220. The topological polar surface area (TPSA) is 72.7 Å². The molecule has 3 aliphatic rings. The smallest absolute Gasteiger partial charge is 0.274 e. The summed E-state index contributed by atoms with van der Waals surface area (Å²) in [6.07, 6.45) is 6.51. The van der Waals surface area contributed by atoms with E-state index >= 15 is 0 Å². The number of benzene rings is 1. The molecule has 0 aliphatic carbocycles. The molecule has 176 valence electrons. The summed E-state index contributed by atoms with van der Waals surface area (Å²) in [5, 5.41) is 5.52. The second-order valence-corrected chi connectivity index (χ2v) is 9.45. The van der Waals surface area contributed by atoms with Gasteiger partial charge >= 0.3 is 0 Å². The molecule has 5 heterocycles. The van der Waals surface area contributed by atoms with Crippen molar-refractivity contribution >= 4 is 17.5 Å². The van der Waals surface area contributed by atoms with Crippen molar-refractivity contribution in [1.29, 1.82) is 0 Å². The second kappa shape index (κ2) is 8.92. The fourth-order valence-corrected chi connectivity index (χ4v) is 5.25. The molecule has 0 spiro atoms. The summed E-state index contributed by atoms with van der Waals surface area (Å²) < 4.78 is 13.0. The van der Waals surface area contributed by atoms with Crippen LogP contribution in [0.1, 0.15) is 45.7 Å². The minimum absolute atomic E-state index is 0.0465. The van der Waals surface area contributed by atoms with Crippen molar-refractivity contribution in [2.45, 2.75) is 38.9 Å². The van der Waals surface area contributed by atoms with Crippen LogP contribution in [-0.2, 0) is 26.1 Å². The van der Waals surface area contributed by atoms with Gasteiger partial charge in [0.15, 0.2) is 17.2 Å². The van der Waals surface area contributed by atoms with Crippen molar-refractivity contribution in [1.82, 2.24) is 24.6 Å². The van der Waals surface area contributed by atoms with E-state index in [1.165, 1.54) is 0 Å². The molecule has 0 saturated carbocycles. The molecule has 8 nitrogen and oxygen atoms in total. The number of rotatable bonds is 5. The standard InChI is InChI=1S/C25H26ClN5O3/c26-20-12-23-22(33-16-34-23)11-18(20)14-29-10-5-21-19(15-29)24(25(32)30-8-1-2-9-30)28-31(21)13-17-3-6-27-7-4-17/h3-4,6-7,11-12H,1-2,5,8-10,13-16H2. The largest absolute Gasteiger partial charge is 0.454 e. The van der Waals surface area contributed by atoms with Gasteiger partial charge in [-0.15, -0.1) is 0 Å². The van der Waals surface area contributed by atoms with E-state index < -0.39 is 0 Å². The monoisotopic (exact) mass is 479 g/mol. The zero-order valence-electron chi connectivity index (χ0n) is 18.9. The number of hydrogen-bond donors (Lipinski definition) is 0. The first kappa shape index (κ1) is 21.4. The normalized spacial score (nSPS) is 17.3. The third-order valence-electron chi connectivity index (χ3n) is 6.83. The Morgan fingerprint density at radius 3 is 2.59 bits per heavy atom. The van der Waals surface area contributed by atoms with Crippen molar-refractivity contribution in [3.63, 3.8) is 0 Å². The van der Waals surface area contributed by atoms with Crippen LogP contribution in [0, 0.1) is 0 Å². The maximum atomic E-state index is 13.4. The summed E-state index contributed by atoms with van der Waals surface area (Å²) in [6, 6.07) is 7.77. The highest BCUT2D eigenvalue weighted by molar-refractivity contribution is 6.31. The summed E-state index contributed by atoms with van der Waals surface area (Å²) in [5.41, 5.74) is 4.88. The van der Waals surface area contributed by atoms with E-state index in [0.717, 1.165) is 67.0 Å². The van der Waals surface area contributed by atoms with Crippen molar-refractivity contribution < 1.29 is 14.3 Å². The summed E-state index contributed by atoms with van der Waals surface area (Å²) in [6.45, 7) is 4.65. The number of carbonyl (C=O) groups excluding carboxylic acids is 1. The molecule has 0 radical (unpaired) electrons. The average Bonchev–Trinajstić information content (AvgIpc) is 3.60. The Labute approximate surface area is 203 Å². The van der Waals surface area contributed by atoms with E-state index in [-0.39, 0.29) is 12.7 Å². The van der Waals surface area contributed by atoms with Crippen molar-refractivity contribution in [2.75, 3.05) is 26.4 Å². The van der Waals surface area contributed by atoms with Gasteiger partial charge in [0.1, 0.15) is 0 Å². The molecular weight excluding hydrogens is 454 g/mol. The van der Waals surface area contributed by atoms with Gasteiger partial charge in [-0.05, 0) is 42.2 Å². The van der Waals surface area contributed by atoms with Crippen molar-refractivity contribution in [3.05, 3.63) is 69.8 Å². The van der Waals surface area contributed by atoms with Gasteiger partial charge in [-0.3, -0.25) is 19.4 Å². The van der Waals surface area contributed by atoms with Gasteiger partial charge in [0.2, 0.25) is 6.79 Å². The second-order valence-electron chi connectivity index (χ2n) is 9.04. The van der Waals surface area contributed by atoms with E-state index in [4.69, 9.17) is 26.2 Å². The lowest BCUT2D eigenvalue weighted by Gasteiger charge is -2.28. The summed E-state index contributed by atoms with van der Waals surface area (Å²) >= 11 is 6.55. The zero-order chi connectivity index (χ0) is 23.1. The number of hydrogen-bond acceptors (Lipinski definition) is 6. The molecule has 34 heavy (non-hydrogen) atoms. The van der Waals surface area contributed by atoms with Crippen molar-refractivity contribution in [3.8, 4) is 11.5 Å². The molecule has 1 aromatic carbocycles. The number of carbonyl (C=O) groups is 1. The lowest BCUT2D eigenvalue weighted by molar-refractivity contribution is 0.0783. The average molecular weight is 480 g/mol. The summed E-state index contributed by atoms with van der Waals surface area (Å²) in [7, 11) is 0. The fourth-order valence-electron chi connectivity index (χ4n) is 5.04. The molecule has 1 fully saturated rings. The van der Waals surface area contributed by atoms with Gasteiger partial charge in [0, 0.05) is 73.9 Å². The molecular formula is C25H26ClN5O3. The van der Waals surface area contributed by atoms with E-state index in [2.05, 4.69) is 9.88 Å². The van der Waals surface area contributed by atoms with Gasteiger partial charge in [-0.2, -0.15) is 5.10 Å². The number of ether oxygens (including phenoxy) is 2. The van der Waals surface area contributed by atoms with Crippen LogP contribution in [0.4, 0.5) is 0 Å². The Hall–Kier alpha value is -3.10. The van der Waals surface area contributed by atoms with E-state index in [0.29, 0.717) is 36.1 Å². The first-order valence-corrected chi connectivity index (χ1v) is 12.1. The quantitative estimate of drug-likeness (QED) is 0.557. The number of aromatic nitrogens is 3. The lowest BCUT2D eigenvalue weighted by Crippen LogP contribution is -2.33. The van der Waals surface area contributed by atoms with Gasteiger partial charge in [0.05, 0.1) is 6.54 Å². The van der Waals surface area contributed by atoms with Crippen LogP contribution >= 0.6 is 11.6 Å². The maximum Gasteiger partial charge on any atom is 0.274 e. The molecule has 9 heteroatoms. The molecule has 6 rings (SSSR count). The number of nitrogens with zero attached hydrogens (tertiary/aromatic N) is 5. The predicted octanol–water partition coefficient (Wildman–Crippen LogP) is 3.50. The third-order valence-corrected chi connectivity index (χ3v) is 7.18. The Morgan fingerprint density at radius 2 is 1.79 bits per heavy atom. The van der Waals surface area contributed by atoms with Gasteiger partial charge in [-0.1, -0.05) is 11.6 Å². The maximum absolute atomic E-state index is 13.4. The SMILES string of the molecule is O=C(c1nn(Cc2ccncc2)c2c1CN(Cc1cc3c(cc1Cl)OCO3)CC2)N1CCCC1. The van der Waals surface area contributed by atoms with Crippen LogP contribution in [0.2, 0.25) is 5.02 Å². The number of likely N-dealkylation sites (tertiary alicyclic amines) is 1. The van der Waals surface area contributed by atoms with E-state index in [1.54, 1.807) is 12.4 Å². The zero-order valence-corrected chi connectivity index (χ0v) is 19.6. The third kappa shape index (κ3) is 4.01. The molecule has 3 aliphatic heterocycles. The first-order valence-electron chi connectivity index (χ1n) is 11.7. The first-order chi connectivity index (χ1) is 16.7. The molecule has 0 atom stereocenters. The fraction of sp³-hybridized carbons (Fsp3) is 0.400. The minimum atomic E-state index is 0.0465. The van der Waals surface area contributed by atoms with Gasteiger partial charge < -0.3 is 14.4 Å². The Kier molecular flexibility index (Phi) is 5.63. The predicted molar refractivity (Wildman–Crippen MR) is 126 cm³/mol. The van der Waals surface area contributed by atoms with Crippen LogP contribution in [0.15, 0.2) is 36.7 Å². The van der Waals surface area contributed by atoms with Crippen LogP contribution in [0.5, 0.6) is 11.5 Å². The molecule has 1 amide bonds.